The zero-order valence-corrected chi connectivity index (χ0v) is 17.8. The summed E-state index contributed by atoms with van der Waals surface area (Å²) < 4.78 is 16.1. The van der Waals surface area contributed by atoms with Gasteiger partial charge in [0, 0.05) is 11.1 Å². The summed E-state index contributed by atoms with van der Waals surface area (Å²) >= 11 is 1.54. The van der Waals surface area contributed by atoms with Crippen LogP contribution in [0.25, 0.3) is 22.5 Å². The fourth-order valence-corrected chi connectivity index (χ4v) is 4.03. The van der Waals surface area contributed by atoms with E-state index in [1.165, 1.54) is 11.8 Å². The van der Waals surface area contributed by atoms with E-state index in [1.54, 1.807) is 21.3 Å². The summed E-state index contributed by atoms with van der Waals surface area (Å²) in [7, 11) is 5.00. The van der Waals surface area contributed by atoms with E-state index in [2.05, 4.69) is 4.98 Å². The summed E-state index contributed by atoms with van der Waals surface area (Å²) in [4.78, 5) is 9.39. The van der Waals surface area contributed by atoms with Crippen molar-refractivity contribution in [2.45, 2.75) is 10.1 Å². The predicted molar refractivity (Wildman–Crippen MR) is 120 cm³/mol. The highest BCUT2D eigenvalue weighted by atomic mass is 32.2. The molecular weight excluding hydrogens is 396 g/mol. The Kier molecular flexibility index (Phi) is 5.95. The molecular formula is C24H22N2O3S. The van der Waals surface area contributed by atoms with Crippen molar-refractivity contribution in [2.24, 2.45) is 0 Å². The molecule has 0 radical (unpaired) electrons. The molecule has 30 heavy (non-hydrogen) atoms. The smallest absolute Gasteiger partial charge is 0.171 e. The quantitative estimate of drug-likeness (QED) is 0.404. The fraction of sp³-hybridized carbons (Fsp3) is 0.125. The van der Waals surface area contributed by atoms with Crippen molar-refractivity contribution >= 4 is 11.8 Å². The first kappa shape index (κ1) is 19.9. The molecule has 5 nitrogen and oxygen atoms in total. The molecule has 0 atom stereocenters. The maximum absolute atomic E-state index is 5.48. The number of H-pyrrole nitrogens is 1. The molecule has 6 heteroatoms. The largest absolute Gasteiger partial charge is 0.497 e. The summed E-state index contributed by atoms with van der Waals surface area (Å²) in [5, 5.41) is 0.788. The number of hydrogen-bond acceptors (Lipinski definition) is 5. The van der Waals surface area contributed by atoms with Gasteiger partial charge in [-0.25, -0.2) is 4.98 Å². The van der Waals surface area contributed by atoms with Crippen LogP contribution in [-0.4, -0.2) is 31.3 Å². The Morgan fingerprint density at radius 2 is 1.30 bits per heavy atom. The van der Waals surface area contributed by atoms with E-state index >= 15 is 0 Å². The van der Waals surface area contributed by atoms with E-state index in [9.17, 15) is 0 Å². The Morgan fingerprint density at radius 3 is 1.90 bits per heavy atom. The maximum Gasteiger partial charge on any atom is 0.171 e. The topological polar surface area (TPSA) is 56.4 Å². The second-order valence-corrected chi connectivity index (χ2v) is 7.51. The molecule has 4 rings (SSSR count). The van der Waals surface area contributed by atoms with Gasteiger partial charge in [-0.3, -0.25) is 0 Å². The average molecular weight is 419 g/mol. The summed E-state index contributed by atoms with van der Waals surface area (Å²) in [6, 6.07) is 23.8. The van der Waals surface area contributed by atoms with Crippen LogP contribution >= 0.6 is 11.8 Å². The van der Waals surface area contributed by atoms with Gasteiger partial charge in [-0.2, -0.15) is 0 Å². The second-order valence-electron chi connectivity index (χ2n) is 6.48. The average Bonchev–Trinajstić information content (AvgIpc) is 3.23. The molecule has 0 aliphatic rings. The molecule has 0 spiro atoms. The Morgan fingerprint density at radius 1 is 0.700 bits per heavy atom. The van der Waals surface area contributed by atoms with Gasteiger partial charge in [-0.1, -0.05) is 12.1 Å². The monoisotopic (exact) mass is 418 g/mol. The van der Waals surface area contributed by atoms with Gasteiger partial charge in [-0.05, 0) is 72.4 Å². The number of aromatic nitrogens is 2. The number of ether oxygens (including phenoxy) is 3. The SMILES string of the molecule is COc1ccc(-c2nc(Sc3ccccc3OC)[nH]c2-c2ccc(OC)cc2)cc1. The van der Waals surface area contributed by atoms with E-state index in [0.717, 1.165) is 49.8 Å². The number of nitrogens with one attached hydrogen (secondary N) is 1. The molecule has 0 bridgehead atoms. The van der Waals surface area contributed by atoms with Gasteiger partial charge < -0.3 is 19.2 Å². The Hall–Kier alpha value is -3.38. The van der Waals surface area contributed by atoms with Gasteiger partial charge in [0.15, 0.2) is 5.16 Å². The lowest BCUT2D eigenvalue weighted by molar-refractivity contribution is 0.405. The number of imidazole rings is 1. The lowest BCUT2D eigenvalue weighted by atomic mass is 10.0. The molecule has 1 heterocycles. The zero-order chi connectivity index (χ0) is 20.9. The molecule has 152 valence electrons. The van der Waals surface area contributed by atoms with Crippen molar-refractivity contribution in [2.75, 3.05) is 21.3 Å². The van der Waals surface area contributed by atoms with E-state index in [1.807, 2.05) is 72.8 Å². The molecule has 1 aromatic heterocycles. The molecule has 0 amide bonds. The molecule has 0 saturated heterocycles. The second kappa shape index (κ2) is 8.97. The van der Waals surface area contributed by atoms with Crippen LogP contribution in [0.15, 0.2) is 82.8 Å². The minimum absolute atomic E-state index is 0.788. The number of nitrogens with zero attached hydrogens (tertiary/aromatic N) is 1. The number of methoxy groups -OCH3 is 3. The molecule has 4 aromatic rings. The Balaban J connectivity index is 1.77. The van der Waals surface area contributed by atoms with Gasteiger partial charge in [0.1, 0.15) is 17.2 Å². The molecule has 1 N–H and O–H groups in total. The summed E-state index contributed by atoms with van der Waals surface area (Å²) in [5.41, 5.74) is 3.85. The number of rotatable bonds is 7. The van der Waals surface area contributed by atoms with Gasteiger partial charge in [0.2, 0.25) is 0 Å². The summed E-state index contributed by atoms with van der Waals surface area (Å²) in [6.07, 6.45) is 0. The van der Waals surface area contributed by atoms with Crippen molar-refractivity contribution in [3.05, 3.63) is 72.8 Å². The number of hydrogen-bond donors (Lipinski definition) is 1. The molecule has 3 aromatic carbocycles. The number of para-hydroxylation sites is 1. The zero-order valence-electron chi connectivity index (χ0n) is 17.0. The maximum atomic E-state index is 5.48. The van der Waals surface area contributed by atoms with Crippen molar-refractivity contribution in [3.63, 3.8) is 0 Å². The Bertz CT molecular complexity index is 1060. The van der Waals surface area contributed by atoms with Gasteiger partial charge in [-0.15, -0.1) is 0 Å². The minimum Gasteiger partial charge on any atom is -0.497 e. The van der Waals surface area contributed by atoms with E-state index in [0.29, 0.717) is 0 Å². The third kappa shape index (κ3) is 4.14. The highest BCUT2D eigenvalue weighted by molar-refractivity contribution is 7.99. The highest BCUT2D eigenvalue weighted by Crippen LogP contribution is 2.38. The van der Waals surface area contributed by atoms with Crippen LogP contribution in [0.2, 0.25) is 0 Å². The minimum atomic E-state index is 0.788. The standard InChI is InChI=1S/C24H22N2O3S/c1-27-18-12-8-16(9-13-18)22-23(17-10-14-19(28-2)15-11-17)26-24(25-22)30-21-7-5-4-6-20(21)29-3/h4-15H,1-3H3,(H,25,26). The van der Waals surface area contributed by atoms with Crippen LogP contribution in [0, 0.1) is 0 Å². The van der Waals surface area contributed by atoms with Crippen LogP contribution < -0.4 is 14.2 Å². The van der Waals surface area contributed by atoms with E-state index in [-0.39, 0.29) is 0 Å². The van der Waals surface area contributed by atoms with Crippen LogP contribution in [0.1, 0.15) is 0 Å². The first-order valence-corrected chi connectivity index (χ1v) is 10.2. The third-order valence-corrected chi connectivity index (χ3v) is 5.64. The van der Waals surface area contributed by atoms with Gasteiger partial charge >= 0.3 is 0 Å². The summed E-state index contributed by atoms with van der Waals surface area (Å²) in [6.45, 7) is 0. The fourth-order valence-electron chi connectivity index (χ4n) is 3.13. The number of benzene rings is 3. The van der Waals surface area contributed by atoms with Crippen LogP contribution in [0.5, 0.6) is 17.2 Å². The molecule has 0 unspecified atom stereocenters. The third-order valence-electron chi connectivity index (χ3n) is 4.70. The Labute approximate surface area is 180 Å². The van der Waals surface area contributed by atoms with Gasteiger partial charge in [0.05, 0.1) is 37.6 Å². The normalized spacial score (nSPS) is 10.6. The van der Waals surface area contributed by atoms with Gasteiger partial charge in [0.25, 0.3) is 0 Å². The van der Waals surface area contributed by atoms with Crippen molar-refractivity contribution in [3.8, 4) is 39.8 Å². The van der Waals surface area contributed by atoms with Crippen molar-refractivity contribution in [1.82, 2.24) is 9.97 Å². The van der Waals surface area contributed by atoms with Crippen molar-refractivity contribution < 1.29 is 14.2 Å². The molecule has 0 fully saturated rings. The van der Waals surface area contributed by atoms with E-state index in [4.69, 9.17) is 19.2 Å². The molecule has 0 aliphatic heterocycles. The molecule has 0 aliphatic carbocycles. The van der Waals surface area contributed by atoms with E-state index < -0.39 is 0 Å². The summed E-state index contributed by atoms with van der Waals surface area (Å²) in [5.74, 6) is 2.44. The highest BCUT2D eigenvalue weighted by Gasteiger charge is 2.16. The number of aromatic amines is 1. The lowest BCUT2D eigenvalue weighted by Gasteiger charge is -2.06. The lowest BCUT2D eigenvalue weighted by Crippen LogP contribution is -1.87. The van der Waals surface area contributed by atoms with Crippen LogP contribution in [-0.2, 0) is 0 Å². The van der Waals surface area contributed by atoms with Crippen molar-refractivity contribution in [1.29, 1.82) is 0 Å². The first-order valence-electron chi connectivity index (χ1n) is 9.41. The predicted octanol–water partition coefficient (Wildman–Crippen LogP) is 5.92. The van der Waals surface area contributed by atoms with Crippen LogP contribution in [0.4, 0.5) is 0 Å². The van der Waals surface area contributed by atoms with Crippen LogP contribution in [0.3, 0.4) is 0 Å². The molecule has 0 saturated carbocycles. The first-order chi connectivity index (χ1) is 14.7.